The summed E-state index contributed by atoms with van der Waals surface area (Å²) in [6.45, 7) is 4.79. The Morgan fingerprint density at radius 1 is 1.53 bits per heavy atom. The van der Waals surface area contributed by atoms with Crippen molar-refractivity contribution >= 4 is 5.97 Å². The van der Waals surface area contributed by atoms with Gasteiger partial charge in [-0.05, 0) is 24.1 Å². The summed E-state index contributed by atoms with van der Waals surface area (Å²) in [5, 5.41) is 12.3. The van der Waals surface area contributed by atoms with E-state index in [1.165, 1.54) is 0 Å². The van der Waals surface area contributed by atoms with Crippen LogP contribution in [-0.4, -0.2) is 29.8 Å². The number of aromatic carboxylic acids is 1. The van der Waals surface area contributed by atoms with Gasteiger partial charge in [-0.15, -0.1) is 0 Å². The molecule has 2 rings (SSSR count). The molecule has 1 atom stereocenters. The molecule has 0 amide bonds. The van der Waals surface area contributed by atoms with Crippen LogP contribution in [0.5, 0.6) is 5.75 Å². The molecule has 1 aromatic rings. The maximum absolute atomic E-state index is 10.8. The minimum absolute atomic E-state index is 0.277. The molecule has 4 heteroatoms. The standard InChI is InChI=1S/C13H17NO3/c1-8(2)14-11-5-9-3-4-10(13(15)16)6-12(9)17-7-11/h3-4,6,8,11,14H,5,7H2,1-2H3,(H,15,16). The first kappa shape index (κ1) is 11.9. The SMILES string of the molecule is CC(C)NC1COc2cc(C(=O)O)ccc2C1. The van der Waals surface area contributed by atoms with Gasteiger partial charge in [-0.2, -0.15) is 0 Å². The number of rotatable bonds is 3. The first-order chi connectivity index (χ1) is 8.06. The molecule has 0 bridgehead atoms. The number of fused-ring (bicyclic) bond motifs is 1. The topological polar surface area (TPSA) is 58.6 Å². The summed E-state index contributed by atoms with van der Waals surface area (Å²) >= 11 is 0. The molecule has 2 N–H and O–H groups in total. The average Bonchev–Trinajstić information content (AvgIpc) is 2.27. The maximum Gasteiger partial charge on any atom is 0.335 e. The Hall–Kier alpha value is -1.55. The lowest BCUT2D eigenvalue weighted by Gasteiger charge is -2.27. The van der Waals surface area contributed by atoms with Crippen molar-refractivity contribution in [2.45, 2.75) is 32.4 Å². The average molecular weight is 235 g/mol. The monoisotopic (exact) mass is 235 g/mol. The van der Waals surface area contributed by atoms with Gasteiger partial charge in [-0.1, -0.05) is 19.9 Å². The van der Waals surface area contributed by atoms with E-state index in [4.69, 9.17) is 9.84 Å². The third kappa shape index (κ3) is 2.77. The van der Waals surface area contributed by atoms with Crippen molar-refractivity contribution in [3.05, 3.63) is 29.3 Å². The predicted molar refractivity (Wildman–Crippen MR) is 64.7 cm³/mol. The molecule has 1 unspecified atom stereocenters. The molecule has 1 aromatic carbocycles. The fourth-order valence-corrected chi connectivity index (χ4v) is 2.08. The second-order valence-corrected chi connectivity index (χ2v) is 4.66. The largest absolute Gasteiger partial charge is 0.492 e. The van der Waals surface area contributed by atoms with Crippen molar-refractivity contribution in [1.82, 2.24) is 5.32 Å². The molecule has 0 fully saturated rings. The zero-order valence-corrected chi connectivity index (χ0v) is 10.1. The van der Waals surface area contributed by atoms with Gasteiger partial charge in [-0.25, -0.2) is 4.79 Å². The molecule has 92 valence electrons. The van der Waals surface area contributed by atoms with E-state index in [2.05, 4.69) is 19.2 Å². The molecule has 17 heavy (non-hydrogen) atoms. The van der Waals surface area contributed by atoms with Crippen LogP contribution in [0, 0.1) is 0 Å². The molecule has 1 heterocycles. The summed E-state index contributed by atoms with van der Waals surface area (Å²) in [4.78, 5) is 10.8. The van der Waals surface area contributed by atoms with Crippen LogP contribution >= 0.6 is 0 Å². The predicted octanol–water partition coefficient (Wildman–Crippen LogP) is 1.69. The fraction of sp³-hybridized carbons (Fsp3) is 0.462. The first-order valence-corrected chi connectivity index (χ1v) is 5.81. The van der Waals surface area contributed by atoms with E-state index < -0.39 is 5.97 Å². The Labute approximate surface area is 101 Å². The number of ether oxygens (including phenoxy) is 1. The van der Waals surface area contributed by atoms with Crippen molar-refractivity contribution in [2.24, 2.45) is 0 Å². The van der Waals surface area contributed by atoms with Crippen LogP contribution in [0.4, 0.5) is 0 Å². The van der Waals surface area contributed by atoms with Gasteiger partial charge in [0.15, 0.2) is 0 Å². The van der Waals surface area contributed by atoms with Gasteiger partial charge in [0, 0.05) is 12.1 Å². The van der Waals surface area contributed by atoms with Gasteiger partial charge in [0.1, 0.15) is 12.4 Å². The Bertz CT molecular complexity index is 429. The molecule has 0 radical (unpaired) electrons. The number of carboxylic acids is 1. The quantitative estimate of drug-likeness (QED) is 0.837. The molecule has 0 saturated carbocycles. The van der Waals surface area contributed by atoms with E-state index in [1.807, 2.05) is 6.07 Å². The van der Waals surface area contributed by atoms with E-state index in [9.17, 15) is 4.79 Å². The Balaban J connectivity index is 2.14. The second-order valence-electron chi connectivity index (χ2n) is 4.66. The number of hydrogen-bond acceptors (Lipinski definition) is 3. The molecule has 0 spiro atoms. The first-order valence-electron chi connectivity index (χ1n) is 5.81. The van der Waals surface area contributed by atoms with E-state index >= 15 is 0 Å². The summed E-state index contributed by atoms with van der Waals surface area (Å²) in [5.41, 5.74) is 1.35. The lowest BCUT2D eigenvalue weighted by atomic mass is 10.0. The van der Waals surface area contributed by atoms with Crippen LogP contribution in [-0.2, 0) is 6.42 Å². The normalized spacial score (nSPS) is 18.6. The molecule has 0 saturated heterocycles. The number of benzene rings is 1. The number of hydrogen-bond donors (Lipinski definition) is 2. The molecule has 4 nitrogen and oxygen atoms in total. The number of carbonyl (C=O) groups is 1. The van der Waals surface area contributed by atoms with Crippen LogP contribution in [0.2, 0.25) is 0 Å². The Morgan fingerprint density at radius 2 is 2.29 bits per heavy atom. The van der Waals surface area contributed by atoms with Crippen molar-refractivity contribution < 1.29 is 14.6 Å². The lowest BCUT2D eigenvalue weighted by molar-refractivity contribution is 0.0696. The second kappa shape index (κ2) is 4.75. The number of nitrogens with one attached hydrogen (secondary N) is 1. The maximum atomic E-state index is 10.8. The van der Waals surface area contributed by atoms with E-state index in [0.717, 1.165) is 12.0 Å². The minimum atomic E-state index is -0.918. The summed E-state index contributed by atoms with van der Waals surface area (Å²) in [5.74, 6) is -0.217. The van der Waals surface area contributed by atoms with Crippen molar-refractivity contribution in [2.75, 3.05) is 6.61 Å². The van der Waals surface area contributed by atoms with Crippen LogP contribution in [0.3, 0.4) is 0 Å². The summed E-state index contributed by atoms with van der Waals surface area (Å²) in [6, 6.07) is 5.79. The summed E-state index contributed by atoms with van der Waals surface area (Å²) < 4.78 is 5.60. The van der Waals surface area contributed by atoms with Crippen LogP contribution < -0.4 is 10.1 Å². The highest BCUT2D eigenvalue weighted by Crippen LogP contribution is 2.26. The zero-order valence-electron chi connectivity index (χ0n) is 10.1. The molecular weight excluding hydrogens is 218 g/mol. The van der Waals surface area contributed by atoms with Crippen molar-refractivity contribution in [1.29, 1.82) is 0 Å². The summed E-state index contributed by atoms with van der Waals surface area (Å²) in [6.07, 6.45) is 0.882. The van der Waals surface area contributed by atoms with Gasteiger partial charge < -0.3 is 15.2 Å². The van der Waals surface area contributed by atoms with Crippen LogP contribution in [0.25, 0.3) is 0 Å². The zero-order chi connectivity index (χ0) is 12.4. The van der Waals surface area contributed by atoms with Gasteiger partial charge in [-0.3, -0.25) is 0 Å². The Kier molecular flexibility index (Phi) is 3.33. The molecular formula is C13H17NO3. The third-order valence-corrected chi connectivity index (χ3v) is 2.79. The molecule has 1 aliphatic heterocycles. The molecule has 0 aromatic heterocycles. The minimum Gasteiger partial charge on any atom is -0.492 e. The van der Waals surface area contributed by atoms with Crippen molar-refractivity contribution in [3.8, 4) is 5.75 Å². The van der Waals surface area contributed by atoms with E-state index in [-0.39, 0.29) is 5.56 Å². The van der Waals surface area contributed by atoms with E-state index in [0.29, 0.717) is 24.4 Å². The van der Waals surface area contributed by atoms with Gasteiger partial charge in [0.05, 0.1) is 5.56 Å². The molecule has 1 aliphatic rings. The van der Waals surface area contributed by atoms with Crippen molar-refractivity contribution in [3.63, 3.8) is 0 Å². The highest BCUT2D eigenvalue weighted by Gasteiger charge is 2.21. The highest BCUT2D eigenvalue weighted by molar-refractivity contribution is 5.88. The van der Waals surface area contributed by atoms with Gasteiger partial charge >= 0.3 is 5.97 Å². The smallest absolute Gasteiger partial charge is 0.335 e. The highest BCUT2D eigenvalue weighted by atomic mass is 16.5. The van der Waals surface area contributed by atoms with Crippen LogP contribution in [0.1, 0.15) is 29.8 Å². The third-order valence-electron chi connectivity index (χ3n) is 2.79. The van der Waals surface area contributed by atoms with Crippen LogP contribution in [0.15, 0.2) is 18.2 Å². The van der Waals surface area contributed by atoms with Gasteiger partial charge in [0.25, 0.3) is 0 Å². The van der Waals surface area contributed by atoms with E-state index in [1.54, 1.807) is 12.1 Å². The Morgan fingerprint density at radius 3 is 2.94 bits per heavy atom. The number of carboxylic acid groups (broad SMARTS) is 1. The van der Waals surface area contributed by atoms with Gasteiger partial charge in [0.2, 0.25) is 0 Å². The fourth-order valence-electron chi connectivity index (χ4n) is 2.08. The lowest BCUT2D eigenvalue weighted by Crippen LogP contribution is -2.42. The summed E-state index contributed by atoms with van der Waals surface area (Å²) in [7, 11) is 0. The molecule has 0 aliphatic carbocycles.